The van der Waals surface area contributed by atoms with Gasteiger partial charge < -0.3 is 5.32 Å². The van der Waals surface area contributed by atoms with Crippen molar-refractivity contribution in [2.45, 2.75) is 45.2 Å². The largest absolute Gasteiger partial charge is 0.348 e. The zero-order chi connectivity index (χ0) is 11.1. The summed E-state index contributed by atoms with van der Waals surface area (Å²) in [5, 5.41) is 7.36. The van der Waals surface area contributed by atoms with Crippen LogP contribution in [-0.2, 0) is 13.0 Å². The molecule has 0 bridgehead atoms. The minimum absolute atomic E-state index is 0.0127. The molecule has 4 heteroatoms. The molecule has 86 valence electrons. The summed E-state index contributed by atoms with van der Waals surface area (Å²) in [6, 6.07) is 2.23. The van der Waals surface area contributed by atoms with Crippen LogP contribution < -0.4 is 5.32 Å². The molecule has 1 aliphatic carbocycles. The normalized spacial score (nSPS) is 20.6. The fourth-order valence-corrected chi connectivity index (χ4v) is 2.37. The van der Waals surface area contributed by atoms with Crippen molar-refractivity contribution in [2.75, 3.05) is 0 Å². The van der Waals surface area contributed by atoms with Gasteiger partial charge in [-0.3, -0.25) is 9.48 Å². The van der Waals surface area contributed by atoms with Crippen LogP contribution >= 0.6 is 0 Å². The number of aromatic nitrogens is 2. The molecule has 0 aromatic carbocycles. The van der Waals surface area contributed by atoms with Crippen LogP contribution in [0.3, 0.4) is 0 Å². The molecule has 16 heavy (non-hydrogen) atoms. The Balaban J connectivity index is 1.68. The molecule has 0 unspecified atom stereocenters. The first kappa shape index (κ1) is 9.87. The van der Waals surface area contributed by atoms with E-state index in [9.17, 15) is 4.79 Å². The Morgan fingerprint density at radius 1 is 1.62 bits per heavy atom. The predicted octanol–water partition coefficient (Wildman–Crippen LogP) is 1.36. The van der Waals surface area contributed by atoms with Gasteiger partial charge in [-0.25, -0.2) is 0 Å². The first-order valence-corrected chi connectivity index (χ1v) is 6.11. The van der Waals surface area contributed by atoms with Crippen LogP contribution in [-0.4, -0.2) is 21.7 Å². The van der Waals surface area contributed by atoms with Crippen LogP contribution in [0.5, 0.6) is 0 Å². The number of rotatable bonds is 3. The molecular weight excluding hydrogens is 202 g/mol. The van der Waals surface area contributed by atoms with Gasteiger partial charge in [-0.2, -0.15) is 5.10 Å². The number of aryl methyl sites for hydroxylation is 2. The predicted molar refractivity (Wildman–Crippen MR) is 60.2 cm³/mol. The molecule has 0 radical (unpaired) electrons. The van der Waals surface area contributed by atoms with E-state index in [4.69, 9.17) is 0 Å². The highest BCUT2D eigenvalue weighted by molar-refractivity contribution is 5.92. The zero-order valence-corrected chi connectivity index (χ0v) is 9.57. The van der Waals surface area contributed by atoms with Gasteiger partial charge in [-0.05, 0) is 44.6 Å². The minimum atomic E-state index is -0.0127. The molecule has 1 atom stereocenters. The van der Waals surface area contributed by atoms with Crippen LogP contribution in [0.2, 0.25) is 0 Å². The number of hydrogen-bond donors (Lipinski definition) is 1. The number of fused-ring (bicyclic) bond motifs is 1. The standard InChI is InChI=1S/C12H17N3O/c1-8(9-4-5-9)13-12(16)11-7-10-3-2-6-15(10)14-11/h7-9H,2-6H2,1H3,(H,13,16)/t8-/m0/s1. The van der Waals surface area contributed by atoms with Gasteiger partial charge in [0, 0.05) is 18.3 Å². The Morgan fingerprint density at radius 3 is 3.12 bits per heavy atom. The van der Waals surface area contributed by atoms with Crippen molar-refractivity contribution in [1.29, 1.82) is 0 Å². The maximum Gasteiger partial charge on any atom is 0.272 e. The third kappa shape index (κ3) is 1.72. The molecule has 4 nitrogen and oxygen atoms in total. The van der Waals surface area contributed by atoms with Crippen molar-refractivity contribution in [2.24, 2.45) is 5.92 Å². The third-order valence-corrected chi connectivity index (χ3v) is 3.59. The second-order valence-electron chi connectivity index (χ2n) is 4.95. The fourth-order valence-electron chi connectivity index (χ4n) is 2.37. The molecule has 1 aromatic heterocycles. The van der Waals surface area contributed by atoms with Gasteiger partial charge in [-0.1, -0.05) is 0 Å². The quantitative estimate of drug-likeness (QED) is 0.834. The lowest BCUT2D eigenvalue weighted by Gasteiger charge is -2.10. The van der Waals surface area contributed by atoms with E-state index in [2.05, 4.69) is 17.3 Å². The Kier molecular flexibility index (Phi) is 2.23. The molecule has 1 amide bonds. The third-order valence-electron chi connectivity index (χ3n) is 3.59. The molecule has 0 saturated heterocycles. The summed E-state index contributed by atoms with van der Waals surface area (Å²) >= 11 is 0. The summed E-state index contributed by atoms with van der Waals surface area (Å²) in [7, 11) is 0. The number of amides is 1. The second-order valence-corrected chi connectivity index (χ2v) is 4.95. The molecule has 1 aromatic rings. The van der Waals surface area contributed by atoms with Gasteiger partial charge in [0.1, 0.15) is 5.69 Å². The van der Waals surface area contributed by atoms with Crippen LogP contribution in [0.1, 0.15) is 42.4 Å². The summed E-state index contributed by atoms with van der Waals surface area (Å²) in [4.78, 5) is 11.9. The van der Waals surface area contributed by atoms with E-state index in [1.54, 1.807) is 0 Å². The highest BCUT2D eigenvalue weighted by Crippen LogP contribution is 2.32. The van der Waals surface area contributed by atoms with E-state index in [0.717, 1.165) is 19.4 Å². The van der Waals surface area contributed by atoms with Gasteiger partial charge in [0.2, 0.25) is 0 Å². The first-order chi connectivity index (χ1) is 7.74. The lowest BCUT2D eigenvalue weighted by atomic mass is 10.2. The highest BCUT2D eigenvalue weighted by atomic mass is 16.2. The van der Waals surface area contributed by atoms with Gasteiger partial charge >= 0.3 is 0 Å². The molecule has 1 N–H and O–H groups in total. The number of carbonyl (C=O) groups excluding carboxylic acids is 1. The smallest absolute Gasteiger partial charge is 0.272 e. The van der Waals surface area contributed by atoms with Crippen LogP contribution in [0, 0.1) is 5.92 Å². The van der Waals surface area contributed by atoms with Crippen LogP contribution in [0.25, 0.3) is 0 Å². The van der Waals surface area contributed by atoms with E-state index in [1.165, 1.54) is 18.5 Å². The second kappa shape index (κ2) is 3.61. The van der Waals surface area contributed by atoms with Gasteiger partial charge in [0.25, 0.3) is 5.91 Å². The van der Waals surface area contributed by atoms with Crippen LogP contribution in [0.15, 0.2) is 6.07 Å². The average molecular weight is 219 g/mol. The SMILES string of the molecule is C[C@H](NC(=O)c1cc2n(n1)CCC2)C1CC1. The van der Waals surface area contributed by atoms with Crippen molar-refractivity contribution < 1.29 is 4.79 Å². The molecule has 3 rings (SSSR count). The topological polar surface area (TPSA) is 46.9 Å². The highest BCUT2D eigenvalue weighted by Gasteiger charge is 2.29. The van der Waals surface area contributed by atoms with E-state index in [0.29, 0.717) is 17.7 Å². The van der Waals surface area contributed by atoms with Crippen molar-refractivity contribution >= 4 is 5.91 Å². The minimum Gasteiger partial charge on any atom is -0.348 e. The summed E-state index contributed by atoms with van der Waals surface area (Å²) in [6.45, 7) is 3.04. The summed E-state index contributed by atoms with van der Waals surface area (Å²) in [5.74, 6) is 0.680. The zero-order valence-electron chi connectivity index (χ0n) is 9.57. The molecule has 0 spiro atoms. The van der Waals surface area contributed by atoms with Crippen molar-refractivity contribution in [1.82, 2.24) is 15.1 Å². The summed E-state index contributed by atoms with van der Waals surface area (Å²) in [6.07, 6.45) is 4.71. The maximum atomic E-state index is 11.9. The monoisotopic (exact) mass is 219 g/mol. The van der Waals surface area contributed by atoms with E-state index in [-0.39, 0.29) is 5.91 Å². The first-order valence-electron chi connectivity index (χ1n) is 6.11. The molecule has 1 aliphatic heterocycles. The molecular formula is C12H17N3O. The lowest BCUT2D eigenvalue weighted by molar-refractivity contribution is 0.0930. The fraction of sp³-hybridized carbons (Fsp3) is 0.667. The summed E-state index contributed by atoms with van der Waals surface area (Å²) in [5.41, 5.74) is 1.78. The van der Waals surface area contributed by atoms with Gasteiger partial charge in [-0.15, -0.1) is 0 Å². The lowest BCUT2D eigenvalue weighted by Crippen LogP contribution is -2.34. The number of nitrogens with zero attached hydrogens (tertiary/aromatic N) is 2. The Labute approximate surface area is 95.0 Å². The molecule has 2 heterocycles. The Bertz CT molecular complexity index is 398. The van der Waals surface area contributed by atoms with Crippen molar-refractivity contribution in [3.63, 3.8) is 0 Å². The van der Waals surface area contributed by atoms with E-state index >= 15 is 0 Å². The molecule has 1 fully saturated rings. The van der Waals surface area contributed by atoms with E-state index in [1.807, 2.05) is 10.7 Å². The van der Waals surface area contributed by atoms with Crippen molar-refractivity contribution in [3.8, 4) is 0 Å². The number of carbonyl (C=O) groups is 1. The van der Waals surface area contributed by atoms with Gasteiger partial charge in [0.05, 0.1) is 0 Å². The Morgan fingerprint density at radius 2 is 2.44 bits per heavy atom. The molecule has 2 aliphatic rings. The number of hydrogen-bond acceptors (Lipinski definition) is 2. The van der Waals surface area contributed by atoms with Gasteiger partial charge in [0.15, 0.2) is 0 Å². The molecule has 1 saturated carbocycles. The van der Waals surface area contributed by atoms with Crippen molar-refractivity contribution in [3.05, 3.63) is 17.5 Å². The van der Waals surface area contributed by atoms with Crippen LogP contribution in [0.4, 0.5) is 0 Å². The number of nitrogens with one attached hydrogen (secondary N) is 1. The average Bonchev–Trinajstić information content (AvgIpc) is 2.87. The van der Waals surface area contributed by atoms with E-state index < -0.39 is 0 Å². The maximum absolute atomic E-state index is 11.9. The summed E-state index contributed by atoms with van der Waals surface area (Å²) < 4.78 is 1.96. The Hall–Kier alpha value is -1.32.